The van der Waals surface area contributed by atoms with Crippen LogP contribution in [0.1, 0.15) is 48.5 Å². The van der Waals surface area contributed by atoms with Gasteiger partial charge in [-0.2, -0.15) is 0 Å². The standard InChI is InChI=1S/C22H17N3O5/c1-13(26)14-2-7-17(8-3-14)24-20(27)16-6-11-19(23-12-16)21(28)25-18-9-4-15(5-10-18)22(29)30/h2-12H,1H3,(H,24,27)(H,25,28)(H,29,30). The van der Waals surface area contributed by atoms with Gasteiger partial charge in [0.25, 0.3) is 11.8 Å². The van der Waals surface area contributed by atoms with E-state index < -0.39 is 17.8 Å². The van der Waals surface area contributed by atoms with Crippen molar-refractivity contribution in [3.63, 3.8) is 0 Å². The number of ketones is 1. The second-order valence-corrected chi connectivity index (χ2v) is 6.36. The summed E-state index contributed by atoms with van der Waals surface area (Å²) in [4.78, 5) is 50.8. The predicted molar refractivity (Wildman–Crippen MR) is 110 cm³/mol. The van der Waals surface area contributed by atoms with Gasteiger partial charge in [0.2, 0.25) is 0 Å². The molecule has 1 aromatic heterocycles. The number of aromatic carboxylic acids is 1. The predicted octanol–water partition coefficient (Wildman–Crippen LogP) is 3.49. The van der Waals surface area contributed by atoms with Crippen LogP contribution in [0, 0.1) is 0 Å². The maximum Gasteiger partial charge on any atom is 0.335 e. The zero-order valence-corrected chi connectivity index (χ0v) is 15.9. The van der Waals surface area contributed by atoms with Crippen LogP contribution in [0.15, 0.2) is 66.9 Å². The monoisotopic (exact) mass is 403 g/mol. The number of carbonyl (C=O) groups excluding carboxylic acids is 3. The average Bonchev–Trinajstić information content (AvgIpc) is 2.74. The number of anilines is 2. The normalized spacial score (nSPS) is 10.2. The van der Waals surface area contributed by atoms with Crippen LogP contribution in [0.2, 0.25) is 0 Å². The number of carboxylic acid groups (broad SMARTS) is 1. The summed E-state index contributed by atoms with van der Waals surface area (Å²) in [6.07, 6.45) is 1.28. The van der Waals surface area contributed by atoms with Crippen molar-refractivity contribution in [1.29, 1.82) is 0 Å². The smallest absolute Gasteiger partial charge is 0.335 e. The first-order valence-corrected chi connectivity index (χ1v) is 8.86. The van der Waals surface area contributed by atoms with Crippen molar-refractivity contribution >= 4 is 34.9 Å². The first-order valence-electron chi connectivity index (χ1n) is 8.86. The van der Waals surface area contributed by atoms with E-state index in [0.29, 0.717) is 16.9 Å². The van der Waals surface area contributed by atoms with E-state index in [2.05, 4.69) is 15.6 Å². The largest absolute Gasteiger partial charge is 0.478 e. The lowest BCUT2D eigenvalue weighted by Gasteiger charge is -2.07. The van der Waals surface area contributed by atoms with Crippen LogP contribution in [0.4, 0.5) is 11.4 Å². The molecule has 0 aliphatic rings. The minimum absolute atomic E-state index is 0.0660. The van der Waals surface area contributed by atoms with E-state index in [4.69, 9.17) is 5.11 Å². The summed E-state index contributed by atoms with van der Waals surface area (Å²) in [5.74, 6) is -2.03. The molecule has 3 aromatic rings. The Hall–Kier alpha value is -4.33. The molecule has 3 rings (SSSR count). The number of benzene rings is 2. The number of hydrogen-bond donors (Lipinski definition) is 3. The average molecular weight is 403 g/mol. The molecule has 0 aliphatic carbocycles. The van der Waals surface area contributed by atoms with Gasteiger partial charge in [0.05, 0.1) is 11.1 Å². The van der Waals surface area contributed by atoms with Crippen molar-refractivity contribution in [2.75, 3.05) is 10.6 Å². The van der Waals surface area contributed by atoms with Crippen molar-refractivity contribution in [1.82, 2.24) is 4.98 Å². The molecule has 1 heterocycles. The van der Waals surface area contributed by atoms with Gasteiger partial charge in [-0.05, 0) is 67.6 Å². The second-order valence-electron chi connectivity index (χ2n) is 6.36. The zero-order chi connectivity index (χ0) is 21.7. The molecular formula is C22H17N3O5. The molecule has 0 unspecified atom stereocenters. The van der Waals surface area contributed by atoms with Crippen LogP contribution < -0.4 is 10.6 Å². The lowest BCUT2D eigenvalue weighted by molar-refractivity contribution is 0.0696. The Morgan fingerprint density at radius 2 is 1.20 bits per heavy atom. The van der Waals surface area contributed by atoms with Gasteiger partial charge in [-0.1, -0.05) is 0 Å². The lowest BCUT2D eigenvalue weighted by Crippen LogP contribution is -2.16. The molecule has 2 amide bonds. The number of aromatic nitrogens is 1. The summed E-state index contributed by atoms with van der Waals surface area (Å²) in [5, 5.41) is 14.2. The summed E-state index contributed by atoms with van der Waals surface area (Å²) in [7, 11) is 0. The highest BCUT2D eigenvalue weighted by molar-refractivity contribution is 6.06. The molecule has 0 atom stereocenters. The molecule has 0 fully saturated rings. The Balaban J connectivity index is 1.63. The fourth-order valence-electron chi connectivity index (χ4n) is 2.55. The number of pyridine rings is 1. The molecule has 3 N–H and O–H groups in total. The van der Waals surface area contributed by atoms with Crippen molar-refractivity contribution in [3.05, 3.63) is 89.2 Å². The minimum Gasteiger partial charge on any atom is -0.478 e. The Labute approximate surface area is 171 Å². The molecule has 0 bridgehead atoms. The molecule has 150 valence electrons. The third kappa shape index (κ3) is 4.93. The van der Waals surface area contributed by atoms with Crippen molar-refractivity contribution in [2.24, 2.45) is 0 Å². The molecule has 30 heavy (non-hydrogen) atoms. The van der Waals surface area contributed by atoms with E-state index in [1.54, 1.807) is 24.3 Å². The Kier molecular flexibility index (Phi) is 5.97. The highest BCUT2D eigenvalue weighted by atomic mass is 16.4. The van der Waals surface area contributed by atoms with Gasteiger partial charge >= 0.3 is 5.97 Å². The van der Waals surface area contributed by atoms with Crippen molar-refractivity contribution in [2.45, 2.75) is 6.92 Å². The number of nitrogens with one attached hydrogen (secondary N) is 2. The Morgan fingerprint density at radius 3 is 1.67 bits per heavy atom. The summed E-state index contributed by atoms with van der Waals surface area (Å²) in [6, 6.07) is 15.1. The number of hydrogen-bond acceptors (Lipinski definition) is 5. The van der Waals surface area contributed by atoms with Gasteiger partial charge in [-0.15, -0.1) is 0 Å². The third-order valence-corrected chi connectivity index (χ3v) is 4.20. The van der Waals surface area contributed by atoms with Gasteiger partial charge < -0.3 is 15.7 Å². The van der Waals surface area contributed by atoms with E-state index in [0.717, 1.165) is 0 Å². The summed E-state index contributed by atoms with van der Waals surface area (Å²) in [6.45, 7) is 1.46. The van der Waals surface area contributed by atoms with E-state index in [1.807, 2.05) is 0 Å². The third-order valence-electron chi connectivity index (χ3n) is 4.20. The molecular weight excluding hydrogens is 386 g/mol. The number of carbonyl (C=O) groups is 4. The van der Waals surface area contributed by atoms with Gasteiger partial charge in [-0.25, -0.2) is 4.79 Å². The zero-order valence-electron chi connectivity index (χ0n) is 15.9. The Bertz CT molecular complexity index is 1010. The van der Waals surface area contributed by atoms with E-state index in [-0.39, 0.29) is 22.6 Å². The van der Waals surface area contributed by atoms with Crippen LogP contribution in [0.3, 0.4) is 0 Å². The fraction of sp³-hybridized carbons (Fsp3) is 0.0455. The van der Waals surface area contributed by atoms with Crippen molar-refractivity contribution < 1.29 is 24.3 Å². The van der Waals surface area contributed by atoms with Crippen LogP contribution in [0.25, 0.3) is 0 Å². The number of rotatable bonds is 6. The van der Waals surface area contributed by atoms with Gasteiger partial charge in [0.15, 0.2) is 5.78 Å². The molecule has 0 spiro atoms. The topological polar surface area (TPSA) is 125 Å². The summed E-state index contributed by atoms with van der Waals surface area (Å²) >= 11 is 0. The molecule has 0 aliphatic heterocycles. The first kappa shape index (κ1) is 20.4. The SMILES string of the molecule is CC(=O)c1ccc(NC(=O)c2ccc(C(=O)Nc3ccc(C(=O)O)cc3)nc2)cc1. The number of carboxylic acids is 1. The minimum atomic E-state index is -1.06. The maximum atomic E-state index is 12.3. The lowest BCUT2D eigenvalue weighted by atomic mass is 10.1. The highest BCUT2D eigenvalue weighted by Gasteiger charge is 2.12. The second kappa shape index (κ2) is 8.78. The fourth-order valence-corrected chi connectivity index (χ4v) is 2.55. The van der Waals surface area contributed by atoms with Crippen LogP contribution >= 0.6 is 0 Å². The van der Waals surface area contributed by atoms with E-state index >= 15 is 0 Å². The van der Waals surface area contributed by atoms with Gasteiger partial charge in [-0.3, -0.25) is 19.4 Å². The highest BCUT2D eigenvalue weighted by Crippen LogP contribution is 2.13. The molecule has 0 radical (unpaired) electrons. The van der Waals surface area contributed by atoms with Crippen LogP contribution in [-0.4, -0.2) is 33.7 Å². The number of amides is 2. The van der Waals surface area contributed by atoms with E-state index in [9.17, 15) is 19.2 Å². The molecule has 8 heteroatoms. The van der Waals surface area contributed by atoms with Crippen LogP contribution in [-0.2, 0) is 0 Å². The summed E-state index contributed by atoms with van der Waals surface area (Å²) < 4.78 is 0. The molecule has 0 saturated heterocycles. The summed E-state index contributed by atoms with van der Waals surface area (Å²) in [5.41, 5.74) is 1.95. The molecule has 2 aromatic carbocycles. The van der Waals surface area contributed by atoms with Gasteiger partial charge in [0.1, 0.15) is 5.69 Å². The Morgan fingerprint density at radius 1 is 0.700 bits per heavy atom. The number of nitrogens with zero attached hydrogens (tertiary/aromatic N) is 1. The molecule has 0 saturated carbocycles. The molecule has 8 nitrogen and oxygen atoms in total. The van der Waals surface area contributed by atoms with Crippen LogP contribution in [0.5, 0.6) is 0 Å². The van der Waals surface area contributed by atoms with Gasteiger partial charge in [0, 0.05) is 23.1 Å². The maximum absolute atomic E-state index is 12.3. The van der Waals surface area contributed by atoms with E-state index in [1.165, 1.54) is 49.5 Å². The first-order chi connectivity index (χ1) is 14.3. The number of Topliss-reactive ketones (excluding diaryl/α,β-unsaturated/α-hetero) is 1. The van der Waals surface area contributed by atoms with Crippen molar-refractivity contribution in [3.8, 4) is 0 Å². The quantitative estimate of drug-likeness (QED) is 0.541.